The molecular weight excluding hydrogens is 436 g/mol. The van der Waals surface area contributed by atoms with Crippen molar-refractivity contribution < 1.29 is 8.78 Å². The van der Waals surface area contributed by atoms with Crippen molar-refractivity contribution in [3.63, 3.8) is 0 Å². The Morgan fingerprint density at radius 3 is 2.53 bits per heavy atom. The molecule has 6 rings (SSSR count). The number of benzene rings is 1. The van der Waals surface area contributed by atoms with Crippen molar-refractivity contribution in [3.8, 4) is 11.4 Å². The summed E-state index contributed by atoms with van der Waals surface area (Å²) >= 11 is 0. The topological polar surface area (TPSA) is 87.7 Å². The fraction of sp³-hybridized carbons (Fsp3) is 0.280. The van der Waals surface area contributed by atoms with Gasteiger partial charge in [0, 0.05) is 36.4 Å². The number of hydrogen-bond acceptors (Lipinski definition) is 7. The molecule has 3 N–H and O–H groups in total. The summed E-state index contributed by atoms with van der Waals surface area (Å²) in [4.78, 5) is 18.4. The average molecular weight is 460 g/mol. The minimum atomic E-state index is -0.690. The van der Waals surface area contributed by atoms with E-state index in [9.17, 15) is 8.78 Å². The van der Waals surface area contributed by atoms with Crippen molar-refractivity contribution in [1.29, 1.82) is 0 Å². The first-order chi connectivity index (χ1) is 16.7. The van der Waals surface area contributed by atoms with Crippen LogP contribution in [0, 0.1) is 11.6 Å². The SMILES string of the molecule is Fc1cccc(F)c1Nc1cc(-c2nc(NC3CNC3)c3c(C4CCC4)cncc3n2)ccn1. The van der Waals surface area contributed by atoms with Crippen LogP contribution in [0.15, 0.2) is 48.9 Å². The highest BCUT2D eigenvalue weighted by atomic mass is 19.1. The minimum absolute atomic E-state index is 0.249. The van der Waals surface area contributed by atoms with Gasteiger partial charge >= 0.3 is 0 Å². The molecule has 0 atom stereocenters. The summed E-state index contributed by atoms with van der Waals surface area (Å²) in [5, 5.41) is 10.6. The molecule has 0 bridgehead atoms. The van der Waals surface area contributed by atoms with Gasteiger partial charge in [0.2, 0.25) is 0 Å². The van der Waals surface area contributed by atoms with E-state index in [1.54, 1.807) is 24.5 Å². The maximum absolute atomic E-state index is 14.1. The molecule has 4 heterocycles. The van der Waals surface area contributed by atoms with Crippen LogP contribution >= 0.6 is 0 Å². The zero-order valence-electron chi connectivity index (χ0n) is 18.4. The van der Waals surface area contributed by atoms with Gasteiger partial charge in [-0.25, -0.2) is 23.7 Å². The summed E-state index contributed by atoms with van der Waals surface area (Å²) in [6.07, 6.45) is 8.80. The molecule has 34 heavy (non-hydrogen) atoms. The van der Waals surface area contributed by atoms with Crippen LogP contribution in [-0.4, -0.2) is 39.1 Å². The molecular formula is C25H23F2N7. The predicted molar refractivity (Wildman–Crippen MR) is 127 cm³/mol. The number of hydrogen-bond donors (Lipinski definition) is 3. The van der Waals surface area contributed by atoms with E-state index in [0.717, 1.165) is 42.7 Å². The molecule has 2 fully saturated rings. The molecule has 1 aliphatic heterocycles. The van der Waals surface area contributed by atoms with E-state index in [0.29, 0.717) is 29.2 Å². The lowest BCUT2D eigenvalue weighted by Crippen LogP contribution is -2.51. The normalized spacial score (nSPS) is 16.2. The molecule has 7 nitrogen and oxygen atoms in total. The number of fused-ring (bicyclic) bond motifs is 1. The van der Waals surface area contributed by atoms with Crippen molar-refractivity contribution in [2.45, 2.75) is 31.2 Å². The lowest BCUT2D eigenvalue weighted by Gasteiger charge is -2.31. The minimum Gasteiger partial charge on any atom is -0.364 e. The quantitative estimate of drug-likeness (QED) is 0.383. The standard InChI is InChI=1S/C25H23F2N7/c26-18-5-2-6-19(27)23(18)33-21-9-15(7-8-30-21)24-32-20-13-29-12-17(14-3-1-4-14)22(20)25(34-24)31-16-10-28-11-16/h2,5-9,12-14,16,28H,1,3-4,10-11H2,(H,30,33)(H,31,32,34). The summed E-state index contributed by atoms with van der Waals surface area (Å²) in [5.41, 5.74) is 2.40. The highest BCUT2D eigenvalue weighted by Gasteiger charge is 2.26. The second-order valence-corrected chi connectivity index (χ2v) is 8.80. The number of para-hydroxylation sites is 1. The Balaban J connectivity index is 1.42. The Bertz CT molecular complexity index is 1350. The van der Waals surface area contributed by atoms with Gasteiger partial charge in [0.15, 0.2) is 5.82 Å². The number of anilines is 3. The van der Waals surface area contributed by atoms with Crippen LogP contribution in [0.3, 0.4) is 0 Å². The lowest BCUT2D eigenvalue weighted by molar-refractivity contribution is 0.421. The highest BCUT2D eigenvalue weighted by molar-refractivity contribution is 5.93. The lowest BCUT2D eigenvalue weighted by atomic mass is 9.79. The molecule has 3 aromatic heterocycles. The summed E-state index contributed by atoms with van der Waals surface area (Å²) in [6, 6.07) is 7.48. The van der Waals surface area contributed by atoms with E-state index in [1.165, 1.54) is 30.2 Å². The van der Waals surface area contributed by atoms with Crippen molar-refractivity contribution in [2.75, 3.05) is 23.7 Å². The van der Waals surface area contributed by atoms with E-state index >= 15 is 0 Å². The zero-order valence-corrected chi connectivity index (χ0v) is 18.4. The molecule has 9 heteroatoms. The van der Waals surface area contributed by atoms with Crippen molar-refractivity contribution in [2.24, 2.45) is 0 Å². The van der Waals surface area contributed by atoms with Crippen molar-refractivity contribution in [3.05, 3.63) is 66.1 Å². The monoisotopic (exact) mass is 459 g/mol. The van der Waals surface area contributed by atoms with E-state index in [-0.39, 0.29) is 5.69 Å². The molecule has 0 radical (unpaired) electrons. The number of halogens is 2. The van der Waals surface area contributed by atoms with Gasteiger partial charge in [0.1, 0.15) is 29.0 Å². The van der Waals surface area contributed by atoms with Crippen LogP contribution in [0.4, 0.5) is 26.1 Å². The molecule has 4 aromatic rings. The Kier molecular flexibility index (Phi) is 5.26. The number of nitrogens with one attached hydrogen (secondary N) is 3. The Labute approximate surface area is 195 Å². The third kappa shape index (κ3) is 3.81. The van der Waals surface area contributed by atoms with Gasteiger partial charge in [0.25, 0.3) is 0 Å². The van der Waals surface area contributed by atoms with Gasteiger partial charge < -0.3 is 16.0 Å². The van der Waals surface area contributed by atoms with Crippen LogP contribution in [0.25, 0.3) is 22.3 Å². The molecule has 0 spiro atoms. The largest absolute Gasteiger partial charge is 0.364 e. The second-order valence-electron chi connectivity index (χ2n) is 8.80. The molecule has 1 aromatic carbocycles. The van der Waals surface area contributed by atoms with Gasteiger partial charge in [-0.2, -0.15) is 0 Å². The summed E-state index contributed by atoms with van der Waals surface area (Å²) in [6.45, 7) is 1.75. The molecule has 0 unspecified atom stereocenters. The maximum atomic E-state index is 14.1. The third-order valence-electron chi connectivity index (χ3n) is 6.54. The van der Waals surface area contributed by atoms with Crippen LogP contribution in [0.2, 0.25) is 0 Å². The smallest absolute Gasteiger partial charge is 0.162 e. The molecule has 1 saturated carbocycles. The van der Waals surface area contributed by atoms with Gasteiger partial charge in [0.05, 0.1) is 17.8 Å². The van der Waals surface area contributed by atoms with Gasteiger partial charge in [-0.15, -0.1) is 0 Å². The van der Waals surface area contributed by atoms with Crippen LogP contribution in [0.5, 0.6) is 0 Å². The number of pyridine rings is 2. The van der Waals surface area contributed by atoms with Crippen LogP contribution in [-0.2, 0) is 0 Å². The molecule has 172 valence electrons. The van der Waals surface area contributed by atoms with Crippen LogP contribution < -0.4 is 16.0 Å². The second kappa shape index (κ2) is 8.57. The Hall–Kier alpha value is -3.72. The van der Waals surface area contributed by atoms with Crippen LogP contribution in [0.1, 0.15) is 30.7 Å². The van der Waals surface area contributed by atoms with Gasteiger partial charge in [-0.1, -0.05) is 12.5 Å². The first-order valence-corrected chi connectivity index (χ1v) is 11.5. The van der Waals surface area contributed by atoms with E-state index in [4.69, 9.17) is 9.97 Å². The average Bonchev–Trinajstić information content (AvgIpc) is 2.78. The molecule has 1 aliphatic carbocycles. The Morgan fingerprint density at radius 1 is 1.00 bits per heavy atom. The van der Waals surface area contributed by atoms with Gasteiger partial charge in [-0.3, -0.25) is 4.98 Å². The number of aromatic nitrogens is 4. The predicted octanol–water partition coefficient (Wildman–Crippen LogP) is 4.76. The number of nitrogens with zero attached hydrogens (tertiary/aromatic N) is 4. The number of rotatable bonds is 6. The first kappa shape index (κ1) is 20.9. The zero-order chi connectivity index (χ0) is 23.1. The fourth-order valence-corrected chi connectivity index (χ4v) is 4.34. The maximum Gasteiger partial charge on any atom is 0.162 e. The highest BCUT2D eigenvalue weighted by Crippen LogP contribution is 2.41. The third-order valence-corrected chi connectivity index (χ3v) is 6.54. The van der Waals surface area contributed by atoms with E-state index in [2.05, 4.69) is 25.9 Å². The summed E-state index contributed by atoms with van der Waals surface area (Å²) in [5.74, 6) is 0.688. The molecule has 1 saturated heterocycles. The van der Waals surface area contributed by atoms with Gasteiger partial charge in [-0.05, 0) is 48.6 Å². The fourth-order valence-electron chi connectivity index (χ4n) is 4.34. The Morgan fingerprint density at radius 2 is 1.82 bits per heavy atom. The van der Waals surface area contributed by atoms with E-state index < -0.39 is 11.6 Å². The first-order valence-electron chi connectivity index (χ1n) is 11.5. The summed E-state index contributed by atoms with van der Waals surface area (Å²) in [7, 11) is 0. The van der Waals surface area contributed by atoms with Crippen molar-refractivity contribution in [1.82, 2.24) is 25.3 Å². The molecule has 0 amide bonds. The summed E-state index contributed by atoms with van der Waals surface area (Å²) < 4.78 is 28.2. The molecule has 2 aliphatic rings. The van der Waals surface area contributed by atoms with E-state index in [1.807, 2.05) is 6.20 Å². The van der Waals surface area contributed by atoms with Crippen molar-refractivity contribution >= 4 is 28.2 Å².